The summed E-state index contributed by atoms with van der Waals surface area (Å²) >= 11 is 5.06. The third-order valence-corrected chi connectivity index (χ3v) is 4.34. The van der Waals surface area contributed by atoms with E-state index in [4.69, 9.17) is 0 Å². The van der Waals surface area contributed by atoms with Gasteiger partial charge >= 0.3 is 0 Å². The van der Waals surface area contributed by atoms with Gasteiger partial charge in [-0.05, 0) is 33.8 Å². The van der Waals surface area contributed by atoms with Gasteiger partial charge in [0.15, 0.2) is 5.16 Å². The van der Waals surface area contributed by atoms with Crippen molar-refractivity contribution >= 4 is 27.7 Å². The van der Waals surface area contributed by atoms with E-state index in [1.165, 1.54) is 16.8 Å². The topological polar surface area (TPSA) is 41.9 Å². The van der Waals surface area contributed by atoms with Crippen LogP contribution in [0.15, 0.2) is 34.3 Å². The monoisotopic (exact) mass is 350 g/mol. The zero-order chi connectivity index (χ0) is 13.9. The molecule has 3 heterocycles. The Kier molecular flexibility index (Phi) is 4.33. The molecular formula is C14H15BrN4S. The zero-order valence-corrected chi connectivity index (χ0v) is 13.6. The highest BCUT2D eigenvalue weighted by Gasteiger charge is 2.18. The predicted octanol–water partition coefficient (Wildman–Crippen LogP) is 2.91. The van der Waals surface area contributed by atoms with Crippen molar-refractivity contribution in [2.75, 3.05) is 12.8 Å². The van der Waals surface area contributed by atoms with Crippen LogP contribution >= 0.6 is 27.7 Å². The molecule has 104 valence electrons. The van der Waals surface area contributed by atoms with E-state index in [1.807, 2.05) is 24.8 Å². The summed E-state index contributed by atoms with van der Waals surface area (Å²) < 4.78 is 1.03. The Morgan fingerprint density at radius 1 is 1.35 bits per heavy atom. The molecule has 2 aromatic heterocycles. The van der Waals surface area contributed by atoms with Gasteiger partial charge < -0.3 is 0 Å². The first-order chi connectivity index (χ1) is 9.74. The van der Waals surface area contributed by atoms with E-state index in [0.717, 1.165) is 35.7 Å². The summed E-state index contributed by atoms with van der Waals surface area (Å²) in [6, 6.07) is 2.12. The van der Waals surface area contributed by atoms with Crippen LogP contribution in [0.5, 0.6) is 0 Å². The number of fused-ring (bicyclic) bond motifs is 1. The summed E-state index contributed by atoms with van der Waals surface area (Å²) in [6.07, 6.45) is 8.71. The van der Waals surface area contributed by atoms with Crippen LogP contribution in [-0.4, -0.2) is 32.7 Å². The SMILES string of the molecule is CSc1ncc2c(n1)CCN(Cc1cncc(Br)c1)C2. The standard InChI is InChI=1S/C14H15BrN4S/c1-20-14-17-6-11-9-19(3-2-13(11)18-14)8-10-4-12(15)7-16-5-10/h4-7H,2-3,8-9H2,1H3. The highest BCUT2D eigenvalue weighted by atomic mass is 79.9. The van der Waals surface area contributed by atoms with Crippen LogP contribution in [0.4, 0.5) is 0 Å². The number of hydrogen-bond donors (Lipinski definition) is 0. The normalized spacial score (nSPS) is 15.1. The second-order valence-corrected chi connectivity index (χ2v) is 6.49. The minimum Gasteiger partial charge on any atom is -0.294 e. The molecule has 0 atom stereocenters. The van der Waals surface area contributed by atoms with E-state index < -0.39 is 0 Å². The Morgan fingerprint density at radius 2 is 2.25 bits per heavy atom. The van der Waals surface area contributed by atoms with Crippen molar-refractivity contribution in [1.82, 2.24) is 19.9 Å². The van der Waals surface area contributed by atoms with Gasteiger partial charge in [0, 0.05) is 54.7 Å². The Bertz CT molecular complexity index is 620. The summed E-state index contributed by atoms with van der Waals surface area (Å²) in [6.45, 7) is 2.86. The molecule has 0 bridgehead atoms. The van der Waals surface area contributed by atoms with Crippen molar-refractivity contribution < 1.29 is 0 Å². The summed E-state index contributed by atoms with van der Waals surface area (Å²) in [5.74, 6) is 0. The number of rotatable bonds is 3. The highest BCUT2D eigenvalue weighted by Crippen LogP contribution is 2.21. The molecule has 0 radical (unpaired) electrons. The van der Waals surface area contributed by atoms with Crippen molar-refractivity contribution in [2.24, 2.45) is 0 Å². The maximum atomic E-state index is 4.59. The largest absolute Gasteiger partial charge is 0.294 e. The molecule has 20 heavy (non-hydrogen) atoms. The van der Waals surface area contributed by atoms with Gasteiger partial charge in [-0.3, -0.25) is 9.88 Å². The van der Waals surface area contributed by atoms with Crippen molar-refractivity contribution in [2.45, 2.75) is 24.7 Å². The van der Waals surface area contributed by atoms with Crippen LogP contribution in [0, 0.1) is 0 Å². The van der Waals surface area contributed by atoms with Gasteiger partial charge in [-0.1, -0.05) is 11.8 Å². The predicted molar refractivity (Wildman–Crippen MR) is 83.6 cm³/mol. The molecule has 2 aromatic rings. The molecule has 3 rings (SSSR count). The summed E-state index contributed by atoms with van der Waals surface area (Å²) in [4.78, 5) is 15.6. The lowest BCUT2D eigenvalue weighted by Gasteiger charge is -2.27. The fourth-order valence-corrected chi connectivity index (χ4v) is 3.16. The van der Waals surface area contributed by atoms with E-state index in [2.05, 4.69) is 41.8 Å². The quantitative estimate of drug-likeness (QED) is 0.628. The van der Waals surface area contributed by atoms with Gasteiger partial charge in [0.2, 0.25) is 0 Å². The summed E-state index contributed by atoms with van der Waals surface area (Å²) in [5, 5.41) is 0.869. The lowest BCUT2D eigenvalue weighted by molar-refractivity contribution is 0.242. The number of hydrogen-bond acceptors (Lipinski definition) is 5. The molecule has 1 aliphatic heterocycles. The Balaban J connectivity index is 1.72. The molecule has 0 aromatic carbocycles. The van der Waals surface area contributed by atoms with Crippen molar-refractivity contribution in [3.8, 4) is 0 Å². The van der Waals surface area contributed by atoms with Crippen molar-refractivity contribution in [1.29, 1.82) is 0 Å². The fraction of sp³-hybridized carbons (Fsp3) is 0.357. The van der Waals surface area contributed by atoms with Gasteiger partial charge in [-0.15, -0.1) is 0 Å². The first-order valence-electron chi connectivity index (χ1n) is 6.45. The Morgan fingerprint density at radius 3 is 3.05 bits per heavy atom. The van der Waals surface area contributed by atoms with Gasteiger partial charge in [0.1, 0.15) is 0 Å². The van der Waals surface area contributed by atoms with Gasteiger partial charge in [0.05, 0.1) is 5.69 Å². The first-order valence-corrected chi connectivity index (χ1v) is 8.47. The van der Waals surface area contributed by atoms with E-state index in [0.29, 0.717) is 0 Å². The summed E-state index contributed by atoms with van der Waals surface area (Å²) in [5.41, 5.74) is 3.68. The molecule has 6 heteroatoms. The van der Waals surface area contributed by atoms with E-state index in [1.54, 1.807) is 11.8 Å². The van der Waals surface area contributed by atoms with Crippen LogP contribution in [-0.2, 0) is 19.5 Å². The lowest BCUT2D eigenvalue weighted by atomic mass is 10.1. The molecule has 0 spiro atoms. The molecule has 0 unspecified atom stereocenters. The number of nitrogens with zero attached hydrogens (tertiary/aromatic N) is 4. The van der Waals surface area contributed by atoms with Crippen LogP contribution in [0.1, 0.15) is 16.8 Å². The molecule has 0 aliphatic carbocycles. The van der Waals surface area contributed by atoms with Gasteiger partial charge in [-0.2, -0.15) is 0 Å². The molecule has 0 N–H and O–H groups in total. The Hall–Kier alpha value is -0.980. The van der Waals surface area contributed by atoms with Crippen LogP contribution in [0.2, 0.25) is 0 Å². The van der Waals surface area contributed by atoms with Crippen molar-refractivity contribution in [3.05, 3.63) is 46.0 Å². The minimum absolute atomic E-state index is 0.869. The smallest absolute Gasteiger partial charge is 0.187 e. The van der Waals surface area contributed by atoms with Crippen LogP contribution in [0.3, 0.4) is 0 Å². The second kappa shape index (κ2) is 6.20. The van der Waals surface area contributed by atoms with E-state index in [9.17, 15) is 0 Å². The molecule has 0 saturated carbocycles. The van der Waals surface area contributed by atoms with Gasteiger partial charge in [-0.25, -0.2) is 9.97 Å². The lowest BCUT2D eigenvalue weighted by Crippen LogP contribution is -2.31. The summed E-state index contributed by atoms with van der Waals surface area (Å²) in [7, 11) is 0. The van der Waals surface area contributed by atoms with E-state index in [-0.39, 0.29) is 0 Å². The number of aromatic nitrogens is 3. The highest BCUT2D eigenvalue weighted by molar-refractivity contribution is 9.10. The zero-order valence-electron chi connectivity index (χ0n) is 11.2. The maximum absolute atomic E-state index is 4.59. The average Bonchev–Trinajstić information content (AvgIpc) is 2.47. The number of pyridine rings is 1. The fourth-order valence-electron chi connectivity index (χ4n) is 2.39. The van der Waals surface area contributed by atoms with Crippen molar-refractivity contribution in [3.63, 3.8) is 0 Å². The molecule has 1 aliphatic rings. The number of halogens is 1. The first kappa shape index (κ1) is 14.0. The van der Waals surface area contributed by atoms with E-state index >= 15 is 0 Å². The second-order valence-electron chi connectivity index (χ2n) is 4.80. The maximum Gasteiger partial charge on any atom is 0.187 e. The number of thioether (sulfide) groups is 1. The molecule has 0 amide bonds. The Labute approximate surface area is 131 Å². The average molecular weight is 351 g/mol. The molecule has 0 fully saturated rings. The molecule has 0 saturated heterocycles. The minimum atomic E-state index is 0.869. The van der Waals surface area contributed by atoms with Crippen LogP contribution < -0.4 is 0 Å². The van der Waals surface area contributed by atoms with Gasteiger partial charge in [0.25, 0.3) is 0 Å². The third kappa shape index (κ3) is 3.19. The molecular weight excluding hydrogens is 336 g/mol. The van der Waals surface area contributed by atoms with Crippen LogP contribution in [0.25, 0.3) is 0 Å². The third-order valence-electron chi connectivity index (χ3n) is 3.34. The molecule has 4 nitrogen and oxygen atoms in total.